The fraction of sp³-hybridized carbons (Fsp3) is 0.588. The standard InChI is InChI=1S/C17H23NO3/c1-21-13-7-5-11-6-8-16(15(11)9-13)18-10-12-3-2-4-14(12)17(19)20/h5,7,9,12,14,16,18H,2-4,6,8,10H2,1H3,(H,19,20). The van der Waals surface area contributed by atoms with Crippen LogP contribution >= 0.6 is 0 Å². The molecule has 1 saturated carbocycles. The molecule has 1 aromatic rings. The molecule has 0 saturated heterocycles. The number of methoxy groups -OCH3 is 1. The van der Waals surface area contributed by atoms with E-state index in [0.717, 1.165) is 44.4 Å². The van der Waals surface area contributed by atoms with Gasteiger partial charge in [0.2, 0.25) is 0 Å². The molecule has 2 N–H and O–H groups in total. The summed E-state index contributed by atoms with van der Waals surface area (Å²) in [5.74, 6) is 0.375. The average molecular weight is 289 g/mol. The minimum Gasteiger partial charge on any atom is -0.497 e. The van der Waals surface area contributed by atoms with Gasteiger partial charge in [-0.1, -0.05) is 12.5 Å². The number of carboxylic acid groups (broad SMARTS) is 1. The topological polar surface area (TPSA) is 58.6 Å². The summed E-state index contributed by atoms with van der Waals surface area (Å²) in [5, 5.41) is 12.9. The fourth-order valence-corrected chi connectivity index (χ4v) is 3.82. The highest BCUT2D eigenvalue weighted by atomic mass is 16.5. The third kappa shape index (κ3) is 2.91. The lowest BCUT2D eigenvalue weighted by Crippen LogP contribution is -2.30. The molecule has 21 heavy (non-hydrogen) atoms. The first-order chi connectivity index (χ1) is 10.2. The lowest BCUT2D eigenvalue weighted by molar-refractivity contribution is -0.142. The Labute approximate surface area is 125 Å². The highest BCUT2D eigenvalue weighted by Gasteiger charge is 2.33. The van der Waals surface area contributed by atoms with Crippen LogP contribution in [0.5, 0.6) is 5.75 Å². The minimum atomic E-state index is -0.632. The molecule has 0 radical (unpaired) electrons. The number of aryl methyl sites for hydroxylation is 1. The number of ether oxygens (including phenoxy) is 1. The summed E-state index contributed by atoms with van der Waals surface area (Å²) < 4.78 is 5.31. The van der Waals surface area contributed by atoms with Crippen LogP contribution in [-0.2, 0) is 11.2 Å². The Morgan fingerprint density at radius 1 is 1.38 bits per heavy atom. The Bertz CT molecular complexity index is 529. The van der Waals surface area contributed by atoms with Gasteiger partial charge in [0.15, 0.2) is 0 Å². The Balaban J connectivity index is 1.64. The number of carboxylic acids is 1. The molecule has 3 rings (SSSR count). The van der Waals surface area contributed by atoms with Gasteiger partial charge in [-0.2, -0.15) is 0 Å². The molecule has 2 aliphatic rings. The van der Waals surface area contributed by atoms with Crippen LogP contribution in [0.15, 0.2) is 18.2 Å². The van der Waals surface area contributed by atoms with Gasteiger partial charge in [0, 0.05) is 6.04 Å². The lowest BCUT2D eigenvalue weighted by atomic mass is 9.95. The van der Waals surface area contributed by atoms with Crippen molar-refractivity contribution >= 4 is 5.97 Å². The Morgan fingerprint density at radius 2 is 2.24 bits per heavy atom. The van der Waals surface area contributed by atoms with E-state index in [0.29, 0.717) is 6.04 Å². The molecule has 1 aromatic carbocycles. The van der Waals surface area contributed by atoms with Crippen molar-refractivity contribution in [3.63, 3.8) is 0 Å². The Hall–Kier alpha value is -1.55. The molecule has 3 atom stereocenters. The molecule has 4 nitrogen and oxygen atoms in total. The number of aliphatic carboxylic acids is 1. The van der Waals surface area contributed by atoms with Gasteiger partial charge < -0.3 is 15.2 Å². The quantitative estimate of drug-likeness (QED) is 0.875. The first-order valence-corrected chi connectivity index (χ1v) is 7.82. The third-order valence-corrected chi connectivity index (χ3v) is 5.03. The first kappa shape index (κ1) is 14.4. The molecule has 0 spiro atoms. The fourth-order valence-electron chi connectivity index (χ4n) is 3.82. The van der Waals surface area contributed by atoms with Crippen LogP contribution in [0.25, 0.3) is 0 Å². The molecule has 0 heterocycles. The van der Waals surface area contributed by atoms with E-state index in [4.69, 9.17) is 4.74 Å². The van der Waals surface area contributed by atoms with Crippen molar-refractivity contribution < 1.29 is 14.6 Å². The molecule has 114 valence electrons. The number of hydrogen-bond donors (Lipinski definition) is 2. The van der Waals surface area contributed by atoms with Crippen LogP contribution in [0.1, 0.15) is 42.9 Å². The number of rotatable bonds is 5. The molecule has 1 fully saturated rings. The number of fused-ring (bicyclic) bond motifs is 1. The van der Waals surface area contributed by atoms with Crippen LogP contribution in [0.3, 0.4) is 0 Å². The molecule has 0 aromatic heterocycles. The van der Waals surface area contributed by atoms with Crippen molar-refractivity contribution in [2.24, 2.45) is 11.8 Å². The normalized spacial score (nSPS) is 27.6. The molecule has 3 unspecified atom stereocenters. The second-order valence-electron chi connectivity index (χ2n) is 6.20. The van der Waals surface area contributed by atoms with E-state index >= 15 is 0 Å². The number of benzene rings is 1. The van der Waals surface area contributed by atoms with Gasteiger partial charge in [0.25, 0.3) is 0 Å². The minimum absolute atomic E-state index is 0.163. The van der Waals surface area contributed by atoms with Crippen LogP contribution in [-0.4, -0.2) is 24.7 Å². The van der Waals surface area contributed by atoms with E-state index in [-0.39, 0.29) is 11.8 Å². The molecular formula is C17H23NO3. The van der Waals surface area contributed by atoms with Crippen molar-refractivity contribution in [3.05, 3.63) is 29.3 Å². The van der Waals surface area contributed by atoms with E-state index in [1.165, 1.54) is 11.1 Å². The number of hydrogen-bond acceptors (Lipinski definition) is 3. The van der Waals surface area contributed by atoms with Gasteiger partial charge in [-0.15, -0.1) is 0 Å². The summed E-state index contributed by atoms with van der Waals surface area (Å²) >= 11 is 0. The Kier molecular flexibility index (Phi) is 4.15. The summed E-state index contributed by atoms with van der Waals surface area (Å²) in [5.41, 5.74) is 2.70. The maximum absolute atomic E-state index is 11.2. The maximum Gasteiger partial charge on any atom is 0.306 e. The van der Waals surface area contributed by atoms with E-state index in [1.54, 1.807) is 7.11 Å². The summed E-state index contributed by atoms with van der Waals surface area (Å²) in [6.45, 7) is 0.804. The SMILES string of the molecule is COc1ccc2c(c1)C(NCC1CCCC1C(=O)O)CC2. The van der Waals surface area contributed by atoms with Gasteiger partial charge in [-0.05, 0) is 61.4 Å². The van der Waals surface area contributed by atoms with Crippen molar-refractivity contribution in [2.45, 2.75) is 38.1 Å². The molecule has 4 heteroatoms. The predicted molar refractivity (Wildman–Crippen MR) is 80.5 cm³/mol. The summed E-state index contributed by atoms with van der Waals surface area (Å²) in [4.78, 5) is 11.2. The molecule has 0 bridgehead atoms. The summed E-state index contributed by atoms with van der Waals surface area (Å²) in [7, 11) is 1.69. The van der Waals surface area contributed by atoms with Gasteiger partial charge in [-0.3, -0.25) is 4.79 Å². The van der Waals surface area contributed by atoms with E-state index in [1.807, 2.05) is 6.07 Å². The monoisotopic (exact) mass is 289 g/mol. The van der Waals surface area contributed by atoms with Gasteiger partial charge in [-0.25, -0.2) is 0 Å². The van der Waals surface area contributed by atoms with Gasteiger partial charge in [0.05, 0.1) is 13.0 Å². The van der Waals surface area contributed by atoms with Crippen LogP contribution in [0, 0.1) is 11.8 Å². The van der Waals surface area contributed by atoms with Gasteiger partial charge >= 0.3 is 5.97 Å². The van der Waals surface area contributed by atoms with Crippen molar-refractivity contribution in [1.82, 2.24) is 5.32 Å². The van der Waals surface area contributed by atoms with Crippen molar-refractivity contribution in [1.29, 1.82) is 0 Å². The van der Waals surface area contributed by atoms with E-state index < -0.39 is 5.97 Å². The molecule has 0 aliphatic heterocycles. The zero-order valence-corrected chi connectivity index (χ0v) is 12.5. The van der Waals surface area contributed by atoms with Crippen LogP contribution < -0.4 is 10.1 Å². The summed E-state index contributed by atoms with van der Waals surface area (Å²) in [6.07, 6.45) is 5.08. The highest BCUT2D eigenvalue weighted by molar-refractivity contribution is 5.70. The zero-order chi connectivity index (χ0) is 14.8. The second-order valence-corrected chi connectivity index (χ2v) is 6.20. The van der Waals surface area contributed by atoms with Crippen molar-refractivity contribution in [3.8, 4) is 5.75 Å². The van der Waals surface area contributed by atoms with Crippen molar-refractivity contribution in [2.75, 3.05) is 13.7 Å². The van der Waals surface area contributed by atoms with Crippen LogP contribution in [0.2, 0.25) is 0 Å². The third-order valence-electron chi connectivity index (χ3n) is 5.03. The number of nitrogens with one attached hydrogen (secondary N) is 1. The Morgan fingerprint density at radius 3 is 3.00 bits per heavy atom. The first-order valence-electron chi connectivity index (χ1n) is 7.82. The molecule has 0 amide bonds. The second kappa shape index (κ2) is 6.06. The average Bonchev–Trinajstić information content (AvgIpc) is 3.11. The molecular weight excluding hydrogens is 266 g/mol. The zero-order valence-electron chi connectivity index (χ0n) is 12.5. The predicted octanol–water partition coefficient (Wildman–Crippen LogP) is 2.77. The maximum atomic E-state index is 11.2. The van der Waals surface area contributed by atoms with Gasteiger partial charge in [0.1, 0.15) is 5.75 Å². The molecule has 2 aliphatic carbocycles. The lowest BCUT2D eigenvalue weighted by Gasteiger charge is -2.20. The summed E-state index contributed by atoms with van der Waals surface area (Å²) in [6, 6.07) is 6.61. The van der Waals surface area contributed by atoms with E-state index in [9.17, 15) is 9.90 Å². The largest absolute Gasteiger partial charge is 0.497 e. The van der Waals surface area contributed by atoms with Crippen LogP contribution in [0.4, 0.5) is 0 Å². The highest BCUT2D eigenvalue weighted by Crippen LogP contribution is 2.36. The van der Waals surface area contributed by atoms with E-state index in [2.05, 4.69) is 17.4 Å². The number of carbonyl (C=O) groups is 1. The smallest absolute Gasteiger partial charge is 0.306 e.